The molecule has 27 heavy (non-hydrogen) atoms. The molecular formula is C18H26N2O6S. The number of carbonyl (C=O) groups excluding carboxylic acids is 1. The van der Waals surface area contributed by atoms with Crippen molar-refractivity contribution in [1.29, 1.82) is 0 Å². The number of sulfonamides is 1. The largest absolute Gasteiger partial charge is 0.495 e. The fourth-order valence-corrected chi connectivity index (χ4v) is 4.34. The van der Waals surface area contributed by atoms with Gasteiger partial charge in [0.05, 0.1) is 19.1 Å². The van der Waals surface area contributed by atoms with E-state index >= 15 is 0 Å². The van der Waals surface area contributed by atoms with Crippen LogP contribution >= 0.6 is 0 Å². The van der Waals surface area contributed by atoms with E-state index in [2.05, 4.69) is 10.0 Å². The molecule has 0 heterocycles. The molecule has 1 aliphatic rings. The van der Waals surface area contributed by atoms with Crippen LogP contribution in [0.2, 0.25) is 0 Å². The van der Waals surface area contributed by atoms with E-state index in [1.54, 1.807) is 13.8 Å². The first kappa shape index (κ1) is 21.2. The van der Waals surface area contributed by atoms with Crippen LogP contribution in [0.1, 0.15) is 56.3 Å². The van der Waals surface area contributed by atoms with Crippen LogP contribution in [0.4, 0.5) is 0 Å². The van der Waals surface area contributed by atoms with Crippen molar-refractivity contribution in [3.05, 3.63) is 23.8 Å². The molecule has 1 aliphatic carbocycles. The minimum Gasteiger partial charge on any atom is -0.495 e. The lowest BCUT2D eigenvalue weighted by Gasteiger charge is -2.31. The maximum absolute atomic E-state index is 12.7. The summed E-state index contributed by atoms with van der Waals surface area (Å²) < 4.78 is 32.9. The lowest BCUT2D eigenvalue weighted by Crippen LogP contribution is -2.49. The fourth-order valence-electron chi connectivity index (χ4n) is 2.84. The van der Waals surface area contributed by atoms with Crippen LogP contribution in [-0.2, 0) is 14.8 Å². The molecule has 0 bridgehead atoms. The van der Waals surface area contributed by atoms with Crippen LogP contribution in [0.15, 0.2) is 23.1 Å². The van der Waals surface area contributed by atoms with Crippen LogP contribution in [0.25, 0.3) is 0 Å². The molecule has 0 aliphatic heterocycles. The number of amides is 1. The Labute approximate surface area is 159 Å². The van der Waals surface area contributed by atoms with Gasteiger partial charge in [-0.1, -0.05) is 13.8 Å². The quantitative estimate of drug-likeness (QED) is 0.553. The van der Waals surface area contributed by atoms with Gasteiger partial charge in [0.15, 0.2) is 0 Å². The van der Waals surface area contributed by atoms with E-state index in [0.29, 0.717) is 12.8 Å². The zero-order valence-electron chi connectivity index (χ0n) is 15.7. The highest BCUT2D eigenvalue weighted by Gasteiger charge is 2.33. The predicted molar refractivity (Wildman–Crippen MR) is 99.4 cm³/mol. The third-order valence-electron chi connectivity index (χ3n) is 4.84. The molecule has 1 aromatic rings. The van der Waals surface area contributed by atoms with Crippen LogP contribution in [0, 0.1) is 0 Å². The van der Waals surface area contributed by atoms with E-state index in [1.165, 1.54) is 25.3 Å². The van der Waals surface area contributed by atoms with Crippen LogP contribution in [-0.4, -0.2) is 44.1 Å². The maximum atomic E-state index is 12.7. The van der Waals surface area contributed by atoms with E-state index in [4.69, 9.17) is 9.84 Å². The highest BCUT2D eigenvalue weighted by atomic mass is 32.2. The van der Waals surface area contributed by atoms with Gasteiger partial charge in [-0.3, -0.25) is 9.59 Å². The third kappa shape index (κ3) is 5.20. The fraction of sp³-hybridized carbons (Fsp3) is 0.556. The Morgan fingerprint density at radius 1 is 1.26 bits per heavy atom. The standard InChI is InChI=1S/C18H26N2O6S/c1-4-18(5-2,11-16(21)22)19-17(23)12-6-9-14(26-3)15(10-12)27(24,25)20-13-7-8-13/h6,9-10,13,20H,4-5,7-8,11H2,1-3H3,(H,19,23)(H,21,22). The van der Waals surface area contributed by atoms with Crippen molar-refractivity contribution in [2.24, 2.45) is 0 Å². The summed E-state index contributed by atoms with van der Waals surface area (Å²) in [7, 11) is -2.46. The molecule has 150 valence electrons. The number of carboxylic acids is 1. The molecular weight excluding hydrogens is 372 g/mol. The van der Waals surface area contributed by atoms with E-state index in [9.17, 15) is 18.0 Å². The first-order valence-electron chi connectivity index (χ1n) is 8.91. The second-order valence-corrected chi connectivity index (χ2v) is 8.46. The molecule has 1 fully saturated rings. The lowest BCUT2D eigenvalue weighted by atomic mass is 9.88. The molecule has 0 spiro atoms. The zero-order chi connectivity index (χ0) is 20.2. The summed E-state index contributed by atoms with van der Waals surface area (Å²) in [5.74, 6) is -1.39. The van der Waals surface area contributed by atoms with Gasteiger partial charge < -0.3 is 15.2 Å². The highest BCUT2D eigenvalue weighted by Crippen LogP contribution is 2.29. The van der Waals surface area contributed by atoms with Gasteiger partial charge in [-0.05, 0) is 43.9 Å². The molecule has 8 nitrogen and oxygen atoms in total. The lowest BCUT2D eigenvalue weighted by molar-refractivity contribution is -0.138. The van der Waals surface area contributed by atoms with E-state index in [-0.39, 0.29) is 28.7 Å². The Kier molecular flexibility index (Phi) is 6.48. The van der Waals surface area contributed by atoms with Gasteiger partial charge in [0, 0.05) is 11.6 Å². The van der Waals surface area contributed by atoms with Gasteiger partial charge in [-0.2, -0.15) is 0 Å². The molecule has 0 saturated heterocycles. The Hall–Kier alpha value is -2.13. The molecule has 0 unspecified atom stereocenters. The summed E-state index contributed by atoms with van der Waals surface area (Å²) in [5, 5.41) is 11.9. The van der Waals surface area contributed by atoms with Crippen molar-refractivity contribution >= 4 is 21.9 Å². The smallest absolute Gasteiger partial charge is 0.305 e. The summed E-state index contributed by atoms with van der Waals surface area (Å²) in [6.45, 7) is 3.60. The Morgan fingerprint density at radius 3 is 2.37 bits per heavy atom. The van der Waals surface area contributed by atoms with Crippen molar-refractivity contribution in [3.63, 3.8) is 0 Å². The van der Waals surface area contributed by atoms with Gasteiger partial charge in [-0.15, -0.1) is 0 Å². The summed E-state index contributed by atoms with van der Waals surface area (Å²) >= 11 is 0. The maximum Gasteiger partial charge on any atom is 0.305 e. The van der Waals surface area contributed by atoms with E-state index < -0.39 is 27.4 Å². The van der Waals surface area contributed by atoms with Crippen molar-refractivity contribution in [1.82, 2.24) is 10.0 Å². The number of benzene rings is 1. The summed E-state index contributed by atoms with van der Waals surface area (Å²) in [5.41, 5.74) is -0.766. The van der Waals surface area contributed by atoms with Crippen molar-refractivity contribution in [2.45, 2.75) is 62.4 Å². The predicted octanol–water partition coefficient (Wildman–Crippen LogP) is 1.90. The second-order valence-electron chi connectivity index (χ2n) is 6.77. The molecule has 3 N–H and O–H groups in total. The molecule has 1 saturated carbocycles. The van der Waals surface area contributed by atoms with Crippen molar-refractivity contribution in [2.75, 3.05) is 7.11 Å². The Balaban J connectivity index is 2.33. The molecule has 0 atom stereocenters. The summed E-state index contributed by atoms with van der Waals surface area (Å²) in [6.07, 6.45) is 2.23. The normalized spacial score (nSPS) is 14.6. The number of rotatable bonds is 10. The number of methoxy groups -OCH3 is 1. The minimum absolute atomic E-state index is 0.0828. The average Bonchev–Trinajstić information content (AvgIpc) is 3.43. The summed E-state index contributed by atoms with van der Waals surface area (Å²) in [6, 6.07) is 4.06. The third-order valence-corrected chi connectivity index (χ3v) is 6.38. The SMILES string of the molecule is CCC(CC)(CC(=O)O)NC(=O)c1ccc(OC)c(S(=O)(=O)NC2CC2)c1. The van der Waals surface area contributed by atoms with Gasteiger partial charge in [-0.25, -0.2) is 13.1 Å². The number of carbonyl (C=O) groups is 2. The monoisotopic (exact) mass is 398 g/mol. The van der Waals surface area contributed by atoms with Gasteiger partial charge >= 0.3 is 5.97 Å². The molecule has 2 rings (SSSR count). The highest BCUT2D eigenvalue weighted by molar-refractivity contribution is 7.89. The average molecular weight is 398 g/mol. The Morgan fingerprint density at radius 2 is 1.89 bits per heavy atom. The number of aliphatic carboxylic acids is 1. The van der Waals surface area contributed by atoms with Crippen LogP contribution < -0.4 is 14.8 Å². The zero-order valence-corrected chi connectivity index (χ0v) is 16.6. The van der Waals surface area contributed by atoms with Gasteiger partial charge in [0.25, 0.3) is 5.91 Å². The molecule has 1 amide bonds. The number of hydrogen-bond donors (Lipinski definition) is 3. The molecule has 0 aromatic heterocycles. The van der Waals surface area contributed by atoms with Crippen LogP contribution in [0.5, 0.6) is 5.75 Å². The van der Waals surface area contributed by atoms with Gasteiger partial charge in [0.2, 0.25) is 10.0 Å². The first-order chi connectivity index (χ1) is 12.7. The number of nitrogens with one attached hydrogen (secondary N) is 2. The minimum atomic E-state index is -3.82. The summed E-state index contributed by atoms with van der Waals surface area (Å²) in [4.78, 5) is 23.8. The van der Waals surface area contributed by atoms with E-state index in [0.717, 1.165) is 12.8 Å². The second kappa shape index (κ2) is 8.26. The molecule has 1 aromatic carbocycles. The van der Waals surface area contributed by atoms with E-state index in [1.807, 2.05) is 0 Å². The molecule has 9 heteroatoms. The number of ether oxygens (including phenoxy) is 1. The van der Waals surface area contributed by atoms with Crippen molar-refractivity contribution in [3.8, 4) is 5.75 Å². The first-order valence-corrected chi connectivity index (χ1v) is 10.4. The molecule has 0 radical (unpaired) electrons. The number of carboxylic acid groups (broad SMARTS) is 1. The topological polar surface area (TPSA) is 122 Å². The van der Waals surface area contributed by atoms with Gasteiger partial charge in [0.1, 0.15) is 10.6 Å². The number of hydrogen-bond acceptors (Lipinski definition) is 5. The van der Waals surface area contributed by atoms with Crippen LogP contribution in [0.3, 0.4) is 0 Å². The Bertz CT molecular complexity index is 813. The van der Waals surface area contributed by atoms with Crippen molar-refractivity contribution < 1.29 is 27.9 Å².